The first-order valence-corrected chi connectivity index (χ1v) is 14.5. The van der Waals surface area contributed by atoms with E-state index in [1.807, 2.05) is 66.7 Å². The van der Waals surface area contributed by atoms with Gasteiger partial charge in [0.1, 0.15) is 6.10 Å². The molecule has 1 heterocycles. The van der Waals surface area contributed by atoms with E-state index in [2.05, 4.69) is 10.5 Å². The van der Waals surface area contributed by atoms with E-state index in [1.54, 1.807) is 16.6 Å². The third-order valence-electron chi connectivity index (χ3n) is 6.80. The van der Waals surface area contributed by atoms with Gasteiger partial charge in [0, 0.05) is 32.2 Å². The summed E-state index contributed by atoms with van der Waals surface area (Å²) in [6.45, 7) is 0.568. The van der Waals surface area contributed by atoms with Gasteiger partial charge in [-0.3, -0.25) is 24.4 Å². The van der Waals surface area contributed by atoms with E-state index in [9.17, 15) is 19.2 Å². The van der Waals surface area contributed by atoms with Gasteiger partial charge in [-0.2, -0.15) is 5.10 Å². The van der Waals surface area contributed by atoms with Crippen molar-refractivity contribution in [3.8, 4) is 0 Å². The van der Waals surface area contributed by atoms with Gasteiger partial charge >= 0.3 is 5.97 Å². The predicted molar refractivity (Wildman–Crippen MR) is 158 cm³/mol. The minimum atomic E-state index is -0.578. The number of hydrazone groups is 1. The highest BCUT2D eigenvalue weighted by Gasteiger charge is 2.24. The van der Waals surface area contributed by atoms with E-state index in [-0.39, 0.29) is 37.2 Å². The van der Waals surface area contributed by atoms with Crippen molar-refractivity contribution in [2.45, 2.75) is 76.9 Å². The zero-order valence-corrected chi connectivity index (χ0v) is 23.9. The number of esters is 1. The smallest absolute Gasteiger partial charge is 0.306 e. The largest absolute Gasteiger partial charge is 0.456 e. The van der Waals surface area contributed by atoms with E-state index in [0.717, 1.165) is 29.5 Å². The number of unbranched alkanes of at least 4 members (excludes halogenated alkanes) is 3. The molecule has 0 unspecified atom stereocenters. The Morgan fingerprint density at radius 1 is 0.929 bits per heavy atom. The molecule has 10 nitrogen and oxygen atoms in total. The molecule has 1 aliphatic rings. The Bertz CT molecular complexity index is 1230. The molecular formula is C32H40N4O6. The molecule has 0 aromatic heterocycles. The second-order valence-corrected chi connectivity index (χ2v) is 10.2. The molecule has 0 fully saturated rings. The minimum absolute atomic E-state index is 0.0276. The van der Waals surface area contributed by atoms with Crippen LogP contribution in [0, 0.1) is 0 Å². The first-order chi connectivity index (χ1) is 20.4. The highest BCUT2D eigenvalue weighted by molar-refractivity contribution is 5.82. The Hall–Kier alpha value is -4.31. The third kappa shape index (κ3) is 12.1. The molecule has 0 saturated carbocycles. The lowest BCUT2D eigenvalue weighted by molar-refractivity contribution is -0.152. The molecule has 42 heavy (non-hydrogen) atoms. The number of amides is 3. The van der Waals surface area contributed by atoms with E-state index in [1.165, 1.54) is 0 Å². The lowest BCUT2D eigenvalue weighted by Gasteiger charge is -2.28. The number of benzene rings is 2. The lowest BCUT2D eigenvalue weighted by Crippen LogP contribution is -2.35. The molecule has 2 aromatic carbocycles. The fourth-order valence-corrected chi connectivity index (χ4v) is 4.56. The normalized spacial score (nSPS) is 17.2. The van der Waals surface area contributed by atoms with E-state index < -0.39 is 12.0 Å². The van der Waals surface area contributed by atoms with E-state index in [0.29, 0.717) is 45.1 Å². The Kier molecular flexibility index (Phi) is 13.9. The molecule has 0 radical (unpaired) electrons. The Morgan fingerprint density at radius 2 is 1.64 bits per heavy atom. The summed E-state index contributed by atoms with van der Waals surface area (Å²) in [5.41, 5.74) is 6.63. The molecule has 0 aliphatic carbocycles. The van der Waals surface area contributed by atoms with Gasteiger partial charge in [-0.05, 0) is 48.4 Å². The molecule has 0 spiro atoms. The average molecular weight is 577 g/mol. The Morgan fingerprint density at radius 3 is 2.38 bits per heavy atom. The topological polar surface area (TPSA) is 137 Å². The lowest BCUT2D eigenvalue weighted by atomic mass is 10.1. The molecule has 3 N–H and O–H groups in total. The second-order valence-electron chi connectivity index (χ2n) is 10.2. The van der Waals surface area contributed by atoms with Gasteiger partial charge in [0.05, 0.1) is 12.8 Å². The minimum Gasteiger partial charge on any atom is -0.456 e. The summed E-state index contributed by atoms with van der Waals surface area (Å²) in [4.78, 5) is 50.6. The van der Waals surface area contributed by atoms with Gasteiger partial charge in [-0.1, -0.05) is 73.5 Å². The average Bonchev–Trinajstić information content (AvgIpc) is 2.99. The molecule has 1 atom stereocenters. The van der Waals surface area contributed by atoms with Crippen molar-refractivity contribution in [1.29, 1.82) is 0 Å². The molecule has 3 rings (SSSR count). The van der Waals surface area contributed by atoms with Gasteiger partial charge < -0.3 is 9.64 Å². The van der Waals surface area contributed by atoms with Crippen LogP contribution in [0.1, 0.15) is 87.0 Å². The van der Waals surface area contributed by atoms with Crippen LogP contribution in [0.3, 0.4) is 0 Å². The monoisotopic (exact) mass is 576 g/mol. The Labute approximate surface area is 246 Å². The molecule has 3 amide bonds. The highest BCUT2D eigenvalue weighted by atomic mass is 16.5. The molecule has 1 aliphatic heterocycles. The number of carbonyl (C=O) groups excluding carboxylic acids is 4. The number of cyclic esters (lactones) is 1. The van der Waals surface area contributed by atoms with Gasteiger partial charge in [-0.25, -0.2) is 10.9 Å². The first-order valence-electron chi connectivity index (χ1n) is 14.5. The number of rotatable bonds is 12. The Balaban J connectivity index is 1.59. The highest BCUT2D eigenvalue weighted by Crippen LogP contribution is 2.23. The van der Waals surface area contributed by atoms with Crippen LogP contribution in [-0.4, -0.2) is 46.6 Å². The first kappa shape index (κ1) is 32.2. The molecular weight excluding hydrogens is 536 g/mol. The van der Waals surface area contributed by atoms with Crippen molar-refractivity contribution in [2.75, 3.05) is 6.54 Å². The van der Waals surface area contributed by atoms with Crippen molar-refractivity contribution in [3.05, 3.63) is 83.4 Å². The SMILES string of the molecule is O=C(CCCCCCC(=O)N/N=C/c1cccc(CN2C[C@H](c3ccccc3)OC(=O)CC/C=C/CCC2=O)c1)NO. The van der Waals surface area contributed by atoms with E-state index in [4.69, 9.17) is 9.94 Å². The standard InChI is InChI=1S/C32H40N4O6/c37-29(17-8-1-2-9-18-30(38)35-41)34-33-22-25-13-12-14-26(21-25)23-36-24-28(27-15-6-5-7-16-27)42-32(40)20-11-4-3-10-19-31(36)39/h3-7,12-16,21-22,28,41H,1-2,8-11,17-20,23-24H2,(H,34,37)(H,35,38)/b4-3+,33-22+/t28-/m1/s1. The summed E-state index contributed by atoms with van der Waals surface area (Å²) in [7, 11) is 0. The second kappa shape index (κ2) is 18.2. The third-order valence-corrected chi connectivity index (χ3v) is 6.80. The van der Waals surface area contributed by atoms with E-state index >= 15 is 0 Å². The molecule has 10 heteroatoms. The number of ether oxygens (including phenoxy) is 1. The summed E-state index contributed by atoms with van der Waals surface area (Å²) in [6, 6.07) is 17.0. The maximum Gasteiger partial charge on any atom is 0.306 e. The van der Waals surface area contributed by atoms with Gasteiger partial charge in [-0.15, -0.1) is 0 Å². The van der Waals surface area contributed by atoms with Crippen molar-refractivity contribution in [1.82, 2.24) is 15.8 Å². The van der Waals surface area contributed by atoms with Crippen LogP contribution in [0.25, 0.3) is 0 Å². The number of hydrogen-bond acceptors (Lipinski definition) is 7. The maximum atomic E-state index is 13.3. The van der Waals surface area contributed by atoms with Crippen molar-refractivity contribution in [2.24, 2.45) is 5.10 Å². The summed E-state index contributed by atoms with van der Waals surface area (Å²) in [5, 5.41) is 12.6. The van der Waals surface area contributed by atoms with Crippen LogP contribution in [0.4, 0.5) is 0 Å². The fraction of sp³-hybridized carbons (Fsp3) is 0.406. The van der Waals surface area contributed by atoms with Crippen LogP contribution < -0.4 is 10.9 Å². The van der Waals surface area contributed by atoms with Crippen molar-refractivity contribution >= 4 is 29.9 Å². The zero-order valence-electron chi connectivity index (χ0n) is 23.9. The molecule has 2 aromatic rings. The number of carbonyl (C=O) groups is 4. The summed E-state index contributed by atoms with van der Waals surface area (Å²) in [5.74, 6) is -0.930. The number of nitrogens with zero attached hydrogens (tertiary/aromatic N) is 2. The summed E-state index contributed by atoms with van der Waals surface area (Å²) >= 11 is 0. The van der Waals surface area contributed by atoms with Crippen LogP contribution in [0.5, 0.6) is 0 Å². The number of allylic oxidation sites excluding steroid dienone is 2. The van der Waals surface area contributed by atoms with Gasteiger partial charge in [0.2, 0.25) is 17.7 Å². The number of nitrogens with one attached hydrogen (secondary N) is 2. The maximum absolute atomic E-state index is 13.3. The molecule has 0 bridgehead atoms. The summed E-state index contributed by atoms with van der Waals surface area (Å²) in [6.07, 6.45) is 10.2. The van der Waals surface area contributed by atoms with Gasteiger partial charge in [0.15, 0.2) is 0 Å². The van der Waals surface area contributed by atoms with Crippen LogP contribution in [-0.2, 0) is 30.5 Å². The number of hydrogen-bond donors (Lipinski definition) is 3. The van der Waals surface area contributed by atoms with Crippen LogP contribution >= 0.6 is 0 Å². The molecule has 0 saturated heterocycles. The zero-order chi connectivity index (χ0) is 30.0. The van der Waals surface area contributed by atoms with Crippen LogP contribution in [0.2, 0.25) is 0 Å². The summed E-state index contributed by atoms with van der Waals surface area (Å²) < 4.78 is 5.83. The van der Waals surface area contributed by atoms with Gasteiger partial charge in [0.25, 0.3) is 0 Å². The van der Waals surface area contributed by atoms with Crippen molar-refractivity contribution < 1.29 is 29.1 Å². The van der Waals surface area contributed by atoms with Crippen molar-refractivity contribution in [3.63, 3.8) is 0 Å². The quantitative estimate of drug-likeness (QED) is 0.0835. The van der Waals surface area contributed by atoms with Crippen LogP contribution in [0.15, 0.2) is 71.9 Å². The predicted octanol–water partition coefficient (Wildman–Crippen LogP) is 4.73. The fourth-order valence-electron chi connectivity index (χ4n) is 4.56. The number of hydroxylamine groups is 1. The molecule has 224 valence electrons.